The lowest BCUT2D eigenvalue weighted by molar-refractivity contribution is 0.0341. The molecule has 0 radical (unpaired) electrons. The third-order valence-electron chi connectivity index (χ3n) is 4.43. The predicted molar refractivity (Wildman–Crippen MR) is 85.7 cm³/mol. The minimum atomic E-state index is 0.110. The van der Waals surface area contributed by atoms with Gasteiger partial charge in [-0.3, -0.25) is 9.69 Å². The van der Waals surface area contributed by atoms with Crippen LogP contribution in [0.3, 0.4) is 0 Å². The van der Waals surface area contributed by atoms with Gasteiger partial charge in [0, 0.05) is 44.3 Å². The molecule has 0 aromatic heterocycles. The molecule has 2 fully saturated rings. The fraction of sp³-hybridized carbons (Fsp3) is 0.588. The molecule has 2 aliphatic rings. The Kier molecular flexibility index (Phi) is 5.08. The number of ether oxygens (including phenoxy) is 1. The summed E-state index contributed by atoms with van der Waals surface area (Å²) in [6.07, 6.45) is 2.02. The molecule has 1 aromatic rings. The van der Waals surface area contributed by atoms with Gasteiger partial charge in [-0.25, -0.2) is 0 Å². The van der Waals surface area contributed by atoms with Gasteiger partial charge < -0.3 is 15.4 Å². The zero-order chi connectivity index (χ0) is 15.4. The number of nitrogens with zero attached hydrogens (tertiary/aromatic N) is 2. The van der Waals surface area contributed by atoms with Gasteiger partial charge in [0.15, 0.2) is 0 Å². The molecule has 1 amide bonds. The van der Waals surface area contributed by atoms with Gasteiger partial charge in [-0.15, -0.1) is 0 Å². The van der Waals surface area contributed by atoms with E-state index in [-0.39, 0.29) is 11.9 Å². The van der Waals surface area contributed by atoms with Crippen molar-refractivity contribution in [2.75, 3.05) is 39.4 Å². The van der Waals surface area contributed by atoms with E-state index < -0.39 is 0 Å². The van der Waals surface area contributed by atoms with Gasteiger partial charge in [0.05, 0.1) is 13.2 Å². The number of likely N-dealkylation sites (tertiary alicyclic amines) is 1. The Morgan fingerprint density at radius 2 is 2.09 bits per heavy atom. The minimum absolute atomic E-state index is 0.110. The summed E-state index contributed by atoms with van der Waals surface area (Å²) < 4.78 is 5.37. The van der Waals surface area contributed by atoms with E-state index in [4.69, 9.17) is 10.5 Å². The largest absolute Gasteiger partial charge is 0.379 e. The summed E-state index contributed by atoms with van der Waals surface area (Å²) in [6, 6.07) is 8.12. The van der Waals surface area contributed by atoms with E-state index in [2.05, 4.69) is 11.0 Å². The number of hydrogen-bond acceptors (Lipinski definition) is 4. The van der Waals surface area contributed by atoms with Crippen molar-refractivity contribution in [3.05, 3.63) is 35.4 Å². The van der Waals surface area contributed by atoms with Gasteiger partial charge in [0.1, 0.15) is 0 Å². The zero-order valence-electron chi connectivity index (χ0n) is 13.0. The Morgan fingerprint density at radius 1 is 1.27 bits per heavy atom. The molecule has 0 aliphatic carbocycles. The first kappa shape index (κ1) is 15.5. The fourth-order valence-corrected chi connectivity index (χ4v) is 3.20. The lowest BCUT2D eigenvalue weighted by Gasteiger charge is -2.31. The number of carbonyl (C=O) groups excluding carboxylic acids is 1. The van der Waals surface area contributed by atoms with Crippen LogP contribution in [0.2, 0.25) is 0 Å². The Morgan fingerprint density at radius 3 is 2.86 bits per heavy atom. The van der Waals surface area contributed by atoms with Gasteiger partial charge >= 0.3 is 0 Å². The molecular weight excluding hydrogens is 278 g/mol. The molecule has 0 bridgehead atoms. The summed E-state index contributed by atoms with van der Waals surface area (Å²) in [6.45, 7) is 5.88. The standard InChI is InChI=1S/C17H25N3O2/c18-16-5-2-6-20(13-16)17(21)15-4-1-3-14(11-15)12-19-7-9-22-10-8-19/h1,3-4,11,16H,2,5-10,12-13,18H2/t16-/m1/s1. The Labute approximate surface area is 132 Å². The molecule has 5 heteroatoms. The summed E-state index contributed by atoms with van der Waals surface area (Å²) >= 11 is 0. The molecule has 120 valence electrons. The maximum atomic E-state index is 12.6. The van der Waals surface area contributed by atoms with Gasteiger partial charge in [-0.1, -0.05) is 12.1 Å². The van der Waals surface area contributed by atoms with Crippen LogP contribution in [-0.2, 0) is 11.3 Å². The molecule has 0 unspecified atom stereocenters. The first-order valence-corrected chi connectivity index (χ1v) is 8.16. The molecule has 2 N–H and O–H groups in total. The monoisotopic (exact) mass is 303 g/mol. The summed E-state index contributed by atoms with van der Waals surface area (Å²) in [7, 11) is 0. The highest BCUT2D eigenvalue weighted by atomic mass is 16.5. The summed E-state index contributed by atoms with van der Waals surface area (Å²) in [5.74, 6) is 0.110. The molecule has 5 nitrogen and oxygen atoms in total. The minimum Gasteiger partial charge on any atom is -0.379 e. The maximum absolute atomic E-state index is 12.6. The zero-order valence-corrected chi connectivity index (χ0v) is 13.0. The molecule has 1 atom stereocenters. The number of morpholine rings is 1. The van der Waals surface area contributed by atoms with Crippen molar-refractivity contribution < 1.29 is 9.53 Å². The number of nitrogens with two attached hydrogens (primary N) is 1. The number of carbonyl (C=O) groups is 1. The van der Waals surface area contributed by atoms with Gasteiger partial charge in [0.25, 0.3) is 5.91 Å². The van der Waals surface area contributed by atoms with Crippen molar-refractivity contribution in [1.82, 2.24) is 9.80 Å². The third-order valence-corrected chi connectivity index (χ3v) is 4.43. The third kappa shape index (κ3) is 3.85. The van der Waals surface area contributed by atoms with Gasteiger partial charge in [-0.2, -0.15) is 0 Å². The number of rotatable bonds is 3. The van der Waals surface area contributed by atoms with Crippen LogP contribution in [0, 0.1) is 0 Å². The van der Waals surface area contributed by atoms with Crippen LogP contribution in [0.4, 0.5) is 0 Å². The van der Waals surface area contributed by atoms with Crippen molar-refractivity contribution in [3.8, 4) is 0 Å². The first-order valence-electron chi connectivity index (χ1n) is 8.16. The van der Waals surface area contributed by atoms with Crippen molar-refractivity contribution in [3.63, 3.8) is 0 Å². The second-order valence-corrected chi connectivity index (χ2v) is 6.24. The average Bonchev–Trinajstić information content (AvgIpc) is 2.55. The lowest BCUT2D eigenvalue weighted by atomic mass is 10.0. The second kappa shape index (κ2) is 7.22. The summed E-state index contributed by atoms with van der Waals surface area (Å²) in [5, 5.41) is 0. The van der Waals surface area contributed by atoms with E-state index in [1.807, 2.05) is 23.1 Å². The predicted octanol–water partition coefficient (Wildman–Crippen LogP) is 1.08. The summed E-state index contributed by atoms with van der Waals surface area (Å²) in [4.78, 5) is 16.9. The SMILES string of the molecule is N[C@@H]1CCCN(C(=O)c2cccc(CN3CCOCC3)c2)C1. The van der Waals surface area contributed by atoms with Crippen LogP contribution < -0.4 is 5.73 Å². The smallest absolute Gasteiger partial charge is 0.253 e. The Hall–Kier alpha value is -1.43. The molecular formula is C17H25N3O2. The van der Waals surface area contributed by atoms with Crippen molar-refractivity contribution in [2.24, 2.45) is 5.73 Å². The average molecular weight is 303 g/mol. The highest BCUT2D eigenvalue weighted by molar-refractivity contribution is 5.94. The van der Waals surface area contributed by atoms with E-state index in [0.29, 0.717) is 6.54 Å². The van der Waals surface area contributed by atoms with Crippen LogP contribution in [0.15, 0.2) is 24.3 Å². The topological polar surface area (TPSA) is 58.8 Å². The van der Waals surface area contributed by atoms with E-state index in [0.717, 1.165) is 57.8 Å². The quantitative estimate of drug-likeness (QED) is 0.908. The van der Waals surface area contributed by atoms with Crippen LogP contribution in [0.1, 0.15) is 28.8 Å². The van der Waals surface area contributed by atoms with Crippen LogP contribution >= 0.6 is 0 Å². The first-order chi connectivity index (χ1) is 10.7. The second-order valence-electron chi connectivity index (χ2n) is 6.24. The lowest BCUT2D eigenvalue weighted by Crippen LogP contribution is -2.45. The molecule has 0 spiro atoms. The van der Waals surface area contributed by atoms with Gasteiger partial charge in [0.2, 0.25) is 0 Å². The van der Waals surface area contributed by atoms with Crippen molar-refractivity contribution >= 4 is 5.91 Å². The molecule has 1 aromatic carbocycles. The van der Waals surface area contributed by atoms with Crippen LogP contribution in [0.5, 0.6) is 0 Å². The highest BCUT2D eigenvalue weighted by Gasteiger charge is 2.22. The maximum Gasteiger partial charge on any atom is 0.253 e. The van der Waals surface area contributed by atoms with Crippen molar-refractivity contribution in [2.45, 2.75) is 25.4 Å². The van der Waals surface area contributed by atoms with Crippen LogP contribution in [-0.4, -0.2) is 61.1 Å². The summed E-state index contributed by atoms with van der Waals surface area (Å²) in [5.41, 5.74) is 7.95. The molecule has 2 heterocycles. The number of piperidine rings is 1. The number of amides is 1. The number of hydrogen-bond donors (Lipinski definition) is 1. The van der Waals surface area contributed by atoms with Crippen LogP contribution in [0.25, 0.3) is 0 Å². The Balaban J connectivity index is 1.66. The van der Waals surface area contributed by atoms with Gasteiger partial charge in [-0.05, 0) is 30.5 Å². The Bertz CT molecular complexity index is 514. The normalized spacial score (nSPS) is 23.5. The van der Waals surface area contributed by atoms with E-state index in [9.17, 15) is 4.79 Å². The van der Waals surface area contributed by atoms with E-state index in [1.165, 1.54) is 5.56 Å². The van der Waals surface area contributed by atoms with E-state index in [1.54, 1.807) is 0 Å². The highest BCUT2D eigenvalue weighted by Crippen LogP contribution is 2.15. The number of benzene rings is 1. The fourth-order valence-electron chi connectivity index (χ4n) is 3.20. The molecule has 22 heavy (non-hydrogen) atoms. The van der Waals surface area contributed by atoms with Crippen molar-refractivity contribution in [1.29, 1.82) is 0 Å². The van der Waals surface area contributed by atoms with E-state index >= 15 is 0 Å². The molecule has 2 aliphatic heterocycles. The molecule has 0 saturated carbocycles. The molecule has 2 saturated heterocycles. The molecule has 3 rings (SSSR count).